The van der Waals surface area contributed by atoms with Crippen molar-refractivity contribution in [1.82, 2.24) is 4.90 Å². The number of fused-ring (bicyclic) bond motifs is 12. The molecule has 0 N–H and O–H groups in total. The van der Waals surface area contributed by atoms with Gasteiger partial charge in [-0.15, -0.1) is 0 Å². The molecule has 20 rings (SSSR count). The van der Waals surface area contributed by atoms with E-state index in [0.29, 0.717) is 13.0 Å². The molecule has 0 bridgehead atoms. The van der Waals surface area contributed by atoms with Crippen LogP contribution in [0.15, 0.2) is 291 Å². The van der Waals surface area contributed by atoms with Crippen LogP contribution < -0.4 is 95.3 Å². The number of benzene rings is 16. The van der Waals surface area contributed by atoms with E-state index in [9.17, 15) is 0 Å². The van der Waals surface area contributed by atoms with Crippen LogP contribution in [0.25, 0.3) is 66.8 Å². The number of hydrogen-bond donors (Lipinski definition) is 0. The molecule has 4 heterocycles. The maximum atomic E-state index is 6.86. The maximum absolute atomic E-state index is 6.86. The Balaban J connectivity index is 0.000000131. The van der Waals surface area contributed by atoms with Gasteiger partial charge in [0.1, 0.15) is 92.0 Å². The van der Waals surface area contributed by atoms with E-state index in [1.807, 2.05) is 166 Å². The third kappa shape index (κ3) is 21.8. The number of rotatable bonds is 26. The van der Waals surface area contributed by atoms with Crippen LogP contribution >= 0.6 is 33.5 Å². The average molecular weight is 1980 g/mol. The predicted octanol–water partition coefficient (Wildman–Crippen LogP) is 28.9. The normalized spacial score (nSPS) is 13.9. The van der Waals surface area contributed by atoms with E-state index in [0.717, 1.165) is 260 Å². The smallest absolute Gasteiger partial charge is 0.326 e. The molecule has 16 aromatic carbocycles. The summed E-state index contributed by atoms with van der Waals surface area (Å²) in [6, 6.07) is 98.9. The summed E-state index contributed by atoms with van der Waals surface area (Å²) in [5, 5.41) is 4.27. The third-order valence-corrected chi connectivity index (χ3v) is 31.5. The second-order valence-corrected chi connectivity index (χ2v) is 41.3. The van der Waals surface area contributed by atoms with Crippen molar-refractivity contribution in [2.24, 2.45) is 0 Å². The molecule has 4 unspecified atom stereocenters. The molecule has 0 amide bonds. The highest BCUT2D eigenvalue weighted by Crippen LogP contribution is 2.58. The minimum absolute atomic E-state index is 0.461. The Kier molecular flexibility index (Phi) is 31.7. The highest BCUT2D eigenvalue weighted by Gasteiger charge is 2.37. The fourth-order valence-electron chi connectivity index (χ4n) is 18.9. The Labute approximate surface area is 845 Å². The van der Waals surface area contributed by atoms with Crippen molar-refractivity contribution in [1.29, 1.82) is 0 Å². The lowest BCUT2D eigenvalue weighted by molar-refractivity contribution is 0.184. The highest BCUT2D eigenvalue weighted by molar-refractivity contribution is 7.58. The van der Waals surface area contributed by atoms with Gasteiger partial charge in [0.25, 0.3) is 0 Å². The van der Waals surface area contributed by atoms with E-state index in [4.69, 9.17) is 78.8 Å². The van der Waals surface area contributed by atoms with Gasteiger partial charge in [0.2, 0.25) is 0 Å². The van der Waals surface area contributed by atoms with Gasteiger partial charge >= 0.3 is 33.5 Å². The summed E-state index contributed by atoms with van der Waals surface area (Å²) >= 11 is 0. The van der Waals surface area contributed by atoms with Crippen LogP contribution in [-0.4, -0.2) is 83.0 Å². The first-order valence-corrected chi connectivity index (χ1v) is 52.0. The topological polar surface area (TPSA) is 160 Å². The van der Waals surface area contributed by atoms with Crippen molar-refractivity contribution >= 4 is 54.7 Å². The summed E-state index contributed by atoms with van der Waals surface area (Å²) in [7, 11) is 13.8. The molecule has 0 fully saturated rings. The Morgan fingerprint density at radius 2 is 0.469 bits per heavy atom. The van der Waals surface area contributed by atoms with Crippen LogP contribution in [0.4, 0.5) is 0 Å². The quantitative estimate of drug-likeness (QED) is 0.0471. The van der Waals surface area contributed by atoms with Crippen molar-refractivity contribution in [3.63, 3.8) is 0 Å². The first-order valence-electron chi connectivity index (χ1n) is 47.3. The molecule has 730 valence electrons. The highest BCUT2D eigenvalue weighted by atomic mass is 31.2. The number of hydrogen-bond acceptors (Lipinski definition) is 18. The molecule has 4 aliphatic heterocycles. The monoisotopic (exact) mass is 1980 g/mol. The molecular formula is C121H119NO17P4. The number of nitrogens with zero attached hydrogens (tertiary/aromatic N) is 1. The molecule has 143 heavy (non-hydrogen) atoms. The number of methoxy groups -OCH3 is 9. The number of aryl methyl sites for hydroxylation is 10. The molecule has 0 saturated carbocycles. The fourth-order valence-corrected chi connectivity index (χ4v) is 25.3. The molecule has 0 aliphatic carbocycles. The molecule has 0 spiro atoms. The Bertz CT molecular complexity index is 7390. The summed E-state index contributed by atoms with van der Waals surface area (Å²) in [5.41, 5.74) is 30.3. The standard InChI is InChI=1S/C31H32NO4P.2C30H29O5P.C30H29O3P/c1-20-15-22(33-5)17-26(28(20)19-32(3)4)27-18-23(34-6)16-21(2)31(27)36-37-30-14-10-8-12-25(30)24-11-7-9-13-29(24)35-37;1-19-14-23(31-3)17-21(29(19)33-5)16-22-18-24(32-4)15-20(2)30(22)35-36-28-13-9-7-11-26(28)25-10-6-8-12-27(25)34-36;1-19-14-21(32-4)16-25(27(19)18-31-3)26-17-22(33-5)15-20(2)30(26)35-36-29-13-9-7-11-24(29)23-10-6-8-12-28(23)34-36;1-19-14-21(3)29(31-5)23(16-19)18-24-17-20(2)15-22(4)30(24)33-34-28-13-9-7-11-26(28)25-10-6-8-12-27(25)32-34/h7-18H,19H2,1-6H3;6-15,17-18H,16H2,1-5H3;6-17H,18H2,1-5H3;6-17H,18H2,1-5H3. The number of ether oxygens (including phenoxy) is 9. The SMILES string of the molecule is COCc1c(C)cc(OC)cc1-c1cc(OC)cc(C)c1OP1Oc2ccccc2-c2ccccc21.COc1c(C)cc(C)cc1Cc1cc(C)cc(C)c1OP1Oc2ccccc2-c2ccccc21.COc1cc(C)c(CN(C)C)c(-c2cc(OC)cc(C)c2OP2Oc3ccccc3-c3ccccc32)c1.COc1cc(C)c(OC)c(Cc2cc(OC)cc(C)c2OP2Oc3ccccc3-c3ccccc32)c1. The second kappa shape index (κ2) is 45.1. The first kappa shape index (κ1) is 100. The average Bonchev–Trinajstić information content (AvgIpc) is 0.767. The molecule has 0 saturated heterocycles. The van der Waals surface area contributed by atoms with E-state index < -0.39 is 33.5 Å². The van der Waals surface area contributed by atoms with Gasteiger partial charge in [0, 0.05) is 71.0 Å². The van der Waals surface area contributed by atoms with Crippen molar-refractivity contribution in [2.45, 2.75) is 95.2 Å². The van der Waals surface area contributed by atoms with Gasteiger partial charge < -0.3 is 83.7 Å². The van der Waals surface area contributed by atoms with E-state index in [1.165, 1.54) is 22.3 Å². The van der Waals surface area contributed by atoms with Gasteiger partial charge in [-0.05, 0) is 305 Å². The zero-order valence-electron chi connectivity index (χ0n) is 84.7. The zero-order valence-corrected chi connectivity index (χ0v) is 88.3. The Hall–Kier alpha value is -14.0. The lowest BCUT2D eigenvalue weighted by atomic mass is 9.93. The molecule has 0 aromatic heterocycles. The summed E-state index contributed by atoms with van der Waals surface area (Å²) in [5.74, 6) is 13.0. The third-order valence-electron chi connectivity index (χ3n) is 25.5. The van der Waals surface area contributed by atoms with Gasteiger partial charge in [-0.3, -0.25) is 0 Å². The first-order chi connectivity index (χ1) is 69.4. The predicted molar refractivity (Wildman–Crippen MR) is 582 cm³/mol. The van der Waals surface area contributed by atoms with Crippen molar-refractivity contribution in [3.05, 3.63) is 380 Å². The lowest BCUT2D eigenvalue weighted by Crippen LogP contribution is -2.18. The molecule has 4 aliphatic rings. The summed E-state index contributed by atoms with van der Waals surface area (Å²) in [6.07, 6.45) is 1.31. The minimum Gasteiger partial charge on any atom is -0.497 e. The summed E-state index contributed by atoms with van der Waals surface area (Å²) < 4.78 is 104. The molecule has 0 radical (unpaired) electrons. The van der Waals surface area contributed by atoms with Crippen LogP contribution in [-0.2, 0) is 30.7 Å². The van der Waals surface area contributed by atoms with Crippen molar-refractivity contribution in [3.8, 4) is 159 Å². The van der Waals surface area contributed by atoms with E-state index in [2.05, 4.69) is 213 Å². The van der Waals surface area contributed by atoms with Gasteiger partial charge in [-0.25, -0.2) is 0 Å². The Morgan fingerprint density at radius 3 is 0.797 bits per heavy atom. The van der Waals surface area contributed by atoms with Crippen LogP contribution in [0.5, 0.6) is 92.0 Å². The minimum atomic E-state index is -1.43. The summed E-state index contributed by atoms with van der Waals surface area (Å²) in [4.78, 5) is 2.17. The molecule has 22 heteroatoms. The van der Waals surface area contributed by atoms with Gasteiger partial charge in [-0.1, -0.05) is 181 Å². The van der Waals surface area contributed by atoms with Crippen molar-refractivity contribution < 1.29 is 78.8 Å². The molecule has 18 nitrogen and oxygen atoms in total. The largest absolute Gasteiger partial charge is 0.497 e. The van der Waals surface area contributed by atoms with E-state index in [-0.39, 0.29) is 0 Å². The molecule has 16 aromatic rings. The lowest BCUT2D eigenvalue weighted by Gasteiger charge is -2.29. The van der Waals surface area contributed by atoms with Crippen LogP contribution in [0.2, 0.25) is 0 Å². The van der Waals surface area contributed by atoms with E-state index >= 15 is 0 Å². The Morgan fingerprint density at radius 1 is 0.224 bits per heavy atom. The van der Waals surface area contributed by atoms with E-state index in [1.54, 1.807) is 64.0 Å². The second-order valence-electron chi connectivity index (χ2n) is 35.8. The number of para-hydroxylation sites is 4. The fraction of sp³-hybridized carbons (Fsp3) is 0.207. The van der Waals surface area contributed by atoms with Gasteiger partial charge in [0.05, 0.1) is 84.7 Å². The van der Waals surface area contributed by atoms with Crippen LogP contribution in [0.3, 0.4) is 0 Å². The summed E-state index contributed by atoms with van der Waals surface area (Å²) in [6.45, 7) is 22.0. The maximum Gasteiger partial charge on any atom is 0.326 e. The van der Waals surface area contributed by atoms with Gasteiger partial charge in [0.15, 0.2) is 0 Å². The van der Waals surface area contributed by atoms with Crippen LogP contribution in [0.1, 0.15) is 89.0 Å². The van der Waals surface area contributed by atoms with Crippen molar-refractivity contribution in [2.75, 3.05) is 78.1 Å². The van der Waals surface area contributed by atoms with Gasteiger partial charge in [-0.2, -0.15) is 0 Å². The zero-order chi connectivity index (χ0) is 100. The molecule has 4 atom stereocenters. The molecular weight excluding hydrogens is 1860 g/mol. The van der Waals surface area contributed by atoms with Crippen LogP contribution in [0, 0.1) is 69.2 Å².